The first-order valence-corrected chi connectivity index (χ1v) is 6.40. The Kier molecular flexibility index (Phi) is 3.04. The van der Waals surface area contributed by atoms with E-state index in [1.165, 1.54) is 0 Å². The summed E-state index contributed by atoms with van der Waals surface area (Å²) in [6.45, 7) is 1.79. The summed E-state index contributed by atoms with van der Waals surface area (Å²) in [5.74, 6) is 0.712. The Morgan fingerprint density at radius 2 is 2.24 bits per heavy atom. The van der Waals surface area contributed by atoms with Gasteiger partial charge in [0.25, 0.3) is 0 Å². The zero-order chi connectivity index (χ0) is 11.7. The van der Waals surface area contributed by atoms with E-state index in [9.17, 15) is 0 Å². The molecule has 0 aromatic carbocycles. The van der Waals surface area contributed by atoms with Gasteiger partial charge in [0.15, 0.2) is 0 Å². The van der Waals surface area contributed by atoms with E-state index < -0.39 is 0 Å². The van der Waals surface area contributed by atoms with Gasteiger partial charge in [-0.25, -0.2) is 4.98 Å². The van der Waals surface area contributed by atoms with E-state index in [1.807, 2.05) is 22.7 Å². The molecule has 1 aliphatic rings. The van der Waals surface area contributed by atoms with Crippen LogP contribution in [0.4, 0.5) is 0 Å². The van der Waals surface area contributed by atoms with Crippen molar-refractivity contribution < 1.29 is 4.74 Å². The van der Waals surface area contributed by atoms with Gasteiger partial charge in [-0.15, -0.1) is 0 Å². The Bertz CT molecular complexity index is 517. The van der Waals surface area contributed by atoms with E-state index >= 15 is 0 Å². The molecule has 3 rings (SSSR count). The van der Waals surface area contributed by atoms with Crippen LogP contribution in [0.3, 0.4) is 0 Å². The molecule has 90 valence electrons. The molecular formula is C13H15ClN2O. The zero-order valence-corrected chi connectivity index (χ0v) is 10.4. The highest BCUT2D eigenvalue weighted by Crippen LogP contribution is 2.20. The molecule has 0 bridgehead atoms. The molecule has 4 heteroatoms. The first-order valence-electron chi connectivity index (χ1n) is 6.02. The predicted molar refractivity (Wildman–Crippen MR) is 67.4 cm³/mol. The van der Waals surface area contributed by atoms with E-state index in [0.717, 1.165) is 48.8 Å². The lowest BCUT2D eigenvalue weighted by atomic mass is 9.95. The zero-order valence-electron chi connectivity index (χ0n) is 9.60. The van der Waals surface area contributed by atoms with Crippen molar-refractivity contribution in [3.8, 4) is 0 Å². The van der Waals surface area contributed by atoms with Gasteiger partial charge in [0.1, 0.15) is 5.65 Å². The van der Waals surface area contributed by atoms with Crippen molar-refractivity contribution in [1.29, 1.82) is 0 Å². The minimum atomic E-state index is 0.712. The van der Waals surface area contributed by atoms with Crippen LogP contribution in [0.25, 0.3) is 5.65 Å². The van der Waals surface area contributed by atoms with Crippen molar-refractivity contribution in [3.63, 3.8) is 0 Å². The highest BCUT2D eigenvalue weighted by Gasteiger charge is 2.15. The Hall–Kier alpha value is -1.06. The third kappa shape index (κ3) is 2.45. The van der Waals surface area contributed by atoms with Crippen LogP contribution in [0.2, 0.25) is 5.02 Å². The van der Waals surface area contributed by atoms with Crippen molar-refractivity contribution in [2.24, 2.45) is 5.92 Å². The molecular weight excluding hydrogens is 236 g/mol. The summed E-state index contributed by atoms with van der Waals surface area (Å²) in [4.78, 5) is 4.61. The number of aromatic nitrogens is 2. The van der Waals surface area contributed by atoms with Crippen molar-refractivity contribution in [3.05, 3.63) is 35.2 Å². The summed E-state index contributed by atoms with van der Waals surface area (Å²) in [6.07, 6.45) is 7.39. The molecule has 0 spiro atoms. The monoisotopic (exact) mass is 250 g/mol. The molecule has 0 unspecified atom stereocenters. The van der Waals surface area contributed by atoms with E-state index in [1.54, 1.807) is 0 Å². The van der Waals surface area contributed by atoms with Crippen molar-refractivity contribution in [1.82, 2.24) is 9.38 Å². The van der Waals surface area contributed by atoms with E-state index in [4.69, 9.17) is 16.3 Å². The Balaban J connectivity index is 1.80. The molecule has 2 aromatic rings. The lowest BCUT2D eigenvalue weighted by Crippen LogP contribution is -2.17. The standard InChI is InChI=1S/C13H15ClN2O/c14-11-1-4-16-9-12(15-13(16)8-11)7-10-2-5-17-6-3-10/h1,4,8-10H,2-3,5-7H2. The molecule has 0 saturated carbocycles. The van der Waals surface area contributed by atoms with Gasteiger partial charge >= 0.3 is 0 Å². The number of rotatable bonds is 2. The minimum absolute atomic E-state index is 0.712. The van der Waals surface area contributed by atoms with Gasteiger partial charge < -0.3 is 9.14 Å². The first kappa shape index (κ1) is 11.1. The maximum absolute atomic E-state index is 5.95. The van der Waals surface area contributed by atoms with Crippen LogP contribution in [0.15, 0.2) is 24.5 Å². The third-order valence-electron chi connectivity index (χ3n) is 3.31. The van der Waals surface area contributed by atoms with Crippen LogP contribution in [0.5, 0.6) is 0 Å². The van der Waals surface area contributed by atoms with Crippen molar-refractivity contribution in [2.45, 2.75) is 19.3 Å². The van der Waals surface area contributed by atoms with Crippen molar-refractivity contribution in [2.75, 3.05) is 13.2 Å². The second-order valence-electron chi connectivity index (χ2n) is 4.60. The average Bonchev–Trinajstić information content (AvgIpc) is 2.71. The van der Waals surface area contributed by atoms with Crippen LogP contribution in [0, 0.1) is 5.92 Å². The second kappa shape index (κ2) is 4.67. The topological polar surface area (TPSA) is 26.5 Å². The molecule has 3 heterocycles. The Morgan fingerprint density at radius 1 is 1.41 bits per heavy atom. The number of imidazole rings is 1. The molecule has 17 heavy (non-hydrogen) atoms. The molecule has 0 amide bonds. The molecule has 2 aromatic heterocycles. The largest absolute Gasteiger partial charge is 0.381 e. The van der Waals surface area contributed by atoms with Gasteiger partial charge in [-0.05, 0) is 37.3 Å². The number of halogens is 1. The van der Waals surface area contributed by atoms with Gasteiger partial charge in [0.2, 0.25) is 0 Å². The molecule has 1 saturated heterocycles. The number of ether oxygens (including phenoxy) is 1. The maximum atomic E-state index is 5.95. The van der Waals surface area contributed by atoms with Gasteiger partial charge in [-0.3, -0.25) is 0 Å². The normalized spacial score (nSPS) is 17.7. The Morgan fingerprint density at radius 3 is 3.06 bits per heavy atom. The van der Waals surface area contributed by atoms with Crippen LogP contribution >= 0.6 is 11.6 Å². The Labute approximate surface area is 105 Å². The number of hydrogen-bond donors (Lipinski definition) is 0. The lowest BCUT2D eigenvalue weighted by molar-refractivity contribution is 0.0663. The third-order valence-corrected chi connectivity index (χ3v) is 3.55. The van der Waals surface area contributed by atoms with E-state index in [0.29, 0.717) is 5.92 Å². The first-order chi connectivity index (χ1) is 8.31. The molecule has 1 aliphatic heterocycles. The molecule has 0 radical (unpaired) electrons. The molecule has 0 atom stereocenters. The lowest BCUT2D eigenvalue weighted by Gasteiger charge is -2.20. The average molecular weight is 251 g/mol. The number of pyridine rings is 1. The van der Waals surface area contributed by atoms with E-state index in [-0.39, 0.29) is 0 Å². The number of nitrogens with zero attached hydrogens (tertiary/aromatic N) is 2. The second-order valence-corrected chi connectivity index (χ2v) is 5.04. The highest BCUT2D eigenvalue weighted by atomic mass is 35.5. The van der Waals surface area contributed by atoms with Crippen LogP contribution in [0.1, 0.15) is 18.5 Å². The maximum Gasteiger partial charge on any atom is 0.138 e. The van der Waals surface area contributed by atoms with Gasteiger partial charge in [-0.1, -0.05) is 11.6 Å². The highest BCUT2D eigenvalue weighted by molar-refractivity contribution is 6.30. The minimum Gasteiger partial charge on any atom is -0.381 e. The van der Waals surface area contributed by atoms with Crippen LogP contribution in [-0.4, -0.2) is 22.6 Å². The summed E-state index contributed by atoms with van der Waals surface area (Å²) >= 11 is 5.95. The summed E-state index contributed by atoms with van der Waals surface area (Å²) < 4.78 is 7.40. The summed E-state index contributed by atoms with van der Waals surface area (Å²) in [5, 5.41) is 0.737. The number of hydrogen-bond acceptors (Lipinski definition) is 2. The summed E-state index contributed by atoms with van der Waals surface area (Å²) in [7, 11) is 0. The summed E-state index contributed by atoms with van der Waals surface area (Å²) in [6, 6.07) is 3.78. The molecule has 0 N–H and O–H groups in total. The van der Waals surface area contributed by atoms with Gasteiger partial charge in [0, 0.05) is 30.6 Å². The molecule has 0 aliphatic carbocycles. The quantitative estimate of drug-likeness (QED) is 0.819. The van der Waals surface area contributed by atoms with Gasteiger partial charge in [0.05, 0.1) is 5.69 Å². The fraction of sp³-hybridized carbons (Fsp3) is 0.462. The fourth-order valence-corrected chi connectivity index (χ4v) is 2.51. The SMILES string of the molecule is Clc1ccn2cc(CC3CCOCC3)nc2c1. The van der Waals surface area contributed by atoms with Crippen LogP contribution < -0.4 is 0 Å². The van der Waals surface area contributed by atoms with Crippen molar-refractivity contribution >= 4 is 17.2 Å². The summed E-state index contributed by atoms with van der Waals surface area (Å²) in [5.41, 5.74) is 2.08. The van der Waals surface area contributed by atoms with Gasteiger partial charge in [-0.2, -0.15) is 0 Å². The number of fused-ring (bicyclic) bond motifs is 1. The molecule has 3 nitrogen and oxygen atoms in total. The van der Waals surface area contributed by atoms with Crippen LogP contribution in [-0.2, 0) is 11.2 Å². The molecule has 1 fully saturated rings. The predicted octanol–water partition coefficient (Wildman–Crippen LogP) is 2.96. The fourth-order valence-electron chi connectivity index (χ4n) is 2.35. The smallest absolute Gasteiger partial charge is 0.138 e. The van der Waals surface area contributed by atoms with E-state index in [2.05, 4.69) is 11.2 Å².